The average molecular weight is 297 g/mol. The van der Waals surface area contributed by atoms with Crippen LogP contribution in [0.5, 0.6) is 0 Å². The largest absolute Gasteiger partial charge is 0.345 e. The van der Waals surface area contributed by atoms with Crippen molar-refractivity contribution in [2.24, 2.45) is 0 Å². The van der Waals surface area contributed by atoms with Crippen molar-refractivity contribution in [2.45, 2.75) is 29.9 Å². The zero-order chi connectivity index (χ0) is 14.2. The van der Waals surface area contributed by atoms with E-state index in [4.69, 9.17) is 11.6 Å². The fourth-order valence-electron chi connectivity index (χ4n) is 2.54. The zero-order valence-corrected chi connectivity index (χ0v) is 12.0. The summed E-state index contributed by atoms with van der Waals surface area (Å²) in [7, 11) is 0. The molecule has 1 aliphatic carbocycles. The number of likely N-dealkylation sites (tertiary alicyclic amines) is 1. The summed E-state index contributed by atoms with van der Waals surface area (Å²) < 4.78 is 14.5. The van der Waals surface area contributed by atoms with E-state index in [1.807, 2.05) is 0 Å². The molecule has 1 aromatic rings. The highest BCUT2D eigenvalue weighted by Crippen LogP contribution is 2.39. The average Bonchev–Trinajstić information content (AvgIpc) is 3.15. The predicted octanol–water partition coefficient (Wildman–Crippen LogP) is 2.40. The monoisotopic (exact) mass is 296 g/mol. The number of halogens is 2. The molecule has 3 rings (SSSR count). The molecule has 0 aromatic heterocycles. The number of rotatable bonds is 5. The van der Waals surface area contributed by atoms with Crippen molar-refractivity contribution in [3.63, 3.8) is 0 Å². The van der Waals surface area contributed by atoms with E-state index in [9.17, 15) is 9.18 Å². The van der Waals surface area contributed by atoms with Crippen LogP contribution in [0.25, 0.3) is 0 Å². The van der Waals surface area contributed by atoms with Gasteiger partial charge < -0.3 is 10.2 Å². The summed E-state index contributed by atoms with van der Waals surface area (Å²) in [6, 6.07) is 8.17. The standard InChI is InChI=1S/C15H18ClFN2O/c16-15(17,12-5-2-1-3-6-12)13(20)18-14(7-8-14)11-19-9-4-10-19/h1-3,5-6H,4,7-11H2,(H,18,20). The first kappa shape index (κ1) is 13.8. The number of nitrogens with one attached hydrogen (secondary N) is 1. The molecule has 0 radical (unpaired) electrons. The van der Waals surface area contributed by atoms with Gasteiger partial charge in [-0.25, -0.2) is 4.39 Å². The fourth-order valence-corrected chi connectivity index (χ4v) is 2.71. The maximum atomic E-state index is 14.5. The Morgan fingerprint density at radius 3 is 2.50 bits per heavy atom. The van der Waals surface area contributed by atoms with E-state index in [0.29, 0.717) is 0 Å². The van der Waals surface area contributed by atoms with Gasteiger partial charge in [-0.05, 0) is 32.4 Å². The Bertz CT molecular complexity index is 498. The summed E-state index contributed by atoms with van der Waals surface area (Å²) in [5.74, 6) is -0.747. The number of amides is 1. The maximum absolute atomic E-state index is 14.5. The molecule has 3 nitrogen and oxygen atoms in total. The number of nitrogens with zero attached hydrogens (tertiary/aromatic N) is 1. The quantitative estimate of drug-likeness (QED) is 0.846. The van der Waals surface area contributed by atoms with E-state index in [2.05, 4.69) is 10.2 Å². The number of hydrogen-bond donors (Lipinski definition) is 1. The molecule has 1 saturated carbocycles. The second kappa shape index (κ2) is 5.01. The van der Waals surface area contributed by atoms with Crippen molar-refractivity contribution < 1.29 is 9.18 Å². The summed E-state index contributed by atoms with van der Waals surface area (Å²) in [6.45, 7) is 2.94. The lowest BCUT2D eigenvalue weighted by molar-refractivity contribution is -0.129. The number of alkyl halides is 2. The third-order valence-corrected chi connectivity index (χ3v) is 4.52. The lowest BCUT2D eigenvalue weighted by atomic mass is 10.1. The van der Waals surface area contributed by atoms with Crippen LogP contribution in [0.15, 0.2) is 30.3 Å². The lowest BCUT2D eigenvalue weighted by Gasteiger charge is -2.35. The zero-order valence-electron chi connectivity index (χ0n) is 11.2. The molecule has 1 aromatic carbocycles. The molecule has 2 fully saturated rings. The van der Waals surface area contributed by atoms with Crippen LogP contribution in [-0.4, -0.2) is 36.0 Å². The summed E-state index contributed by atoms with van der Waals surface area (Å²) in [4.78, 5) is 14.5. The van der Waals surface area contributed by atoms with Gasteiger partial charge in [-0.3, -0.25) is 4.79 Å². The molecule has 1 unspecified atom stereocenters. The van der Waals surface area contributed by atoms with E-state index in [1.165, 1.54) is 18.6 Å². The van der Waals surface area contributed by atoms with Crippen LogP contribution in [0.3, 0.4) is 0 Å². The first-order chi connectivity index (χ1) is 9.52. The van der Waals surface area contributed by atoms with Crippen molar-refractivity contribution in [3.05, 3.63) is 35.9 Å². The summed E-state index contributed by atoms with van der Waals surface area (Å²) >= 11 is 5.84. The fraction of sp³-hybridized carbons (Fsp3) is 0.533. The minimum atomic E-state index is -2.49. The minimum Gasteiger partial charge on any atom is -0.345 e. The highest BCUT2D eigenvalue weighted by Gasteiger charge is 2.50. The Hall–Kier alpha value is -1.13. The highest BCUT2D eigenvalue weighted by atomic mass is 35.5. The Kier molecular flexibility index (Phi) is 3.46. The van der Waals surface area contributed by atoms with Crippen LogP contribution >= 0.6 is 11.6 Å². The first-order valence-electron chi connectivity index (χ1n) is 7.00. The number of carbonyl (C=O) groups is 1. The third-order valence-electron chi connectivity index (χ3n) is 4.13. The van der Waals surface area contributed by atoms with Crippen LogP contribution in [-0.2, 0) is 9.92 Å². The van der Waals surface area contributed by atoms with Gasteiger partial charge in [0.2, 0.25) is 0 Å². The van der Waals surface area contributed by atoms with Crippen molar-refractivity contribution in [3.8, 4) is 0 Å². The molecule has 1 heterocycles. The third kappa shape index (κ3) is 2.67. The first-order valence-corrected chi connectivity index (χ1v) is 7.38. The Morgan fingerprint density at radius 2 is 2.00 bits per heavy atom. The smallest absolute Gasteiger partial charge is 0.286 e. The van der Waals surface area contributed by atoms with E-state index >= 15 is 0 Å². The number of benzene rings is 1. The van der Waals surface area contributed by atoms with Crippen LogP contribution < -0.4 is 5.32 Å². The molecule has 0 bridgehead atoms. The Morgan fingerprint density at radius 1 is 1.35 bits per heavy atom. The Labute approximate surface area is 123 Å². The lowest BCUT2D eigenvalue weighted by Crippen LogP contribution is -2.52. The summed E-state index contributed by atoms with van der Waals surface area (Å²) in [5, 5.41) is 0.323. The van der Waals surface area contributed by atoms with Gasteiger partial charge in [0.05, 0.1) is 5.54 Å². The highest BCUT2D eigenvalue weighted by molar-refractivity contribution is 6.33. The molecule has 1 amide bonds. The van der Waals surface area contributed by atoms with Gasteiger partial charge in [0.25, 0.3) is 11.0 Å². The molecular weight excluding hydrogens is 279 g/mol. The van der Waals surface area contributed by atoms with E-state index in [0.717, 1.165) is 32.5 Å². The topological polar surface area (TPSA) is 32.3 Å². The molecule has 1 N–H and O–H groups in total. The van der Waals surface area contributed by atoms with Crippen LogP contribution in [0.1, 0.15) is 24.8 Å². The van der Waals surface area contributed by atoms with Crippen molar-refractivity contribution >= 4 is 17.5 Å². The molecule has 5 heteroatoms. The van der Waals surface area contributed by atoms with E-state index in [-0.39, 0.29) is 11.1 Å². The van der Waals surface area contributed by atoms with Crippen LogP contribution in [0.4, 0.5) is 4.39 Å². The van der Waals surface area contributed by atoms with E-state index < -0.39 is 11.0 Å². The SMILES string of the molecule is O=C(NC1(CN2CCC2)CC1)C(F)(Cl)c1ccccc1. The van der Waals surface area contributed by atoms with Gasteiger partial charge in [-0.2, -0.15) is 0 Å². The molecule has 108 valence electrons. The molecule has 1 saturated heterocycles. The maximum Gasteiger partial charge on any atom is 0.286 e. The van der Waals surface area contributed by atoms with Gasteiger partial charge in [0, 0.05) is 12.1 Å². The van der Waals surface area contributed by atoms with Gasteiger partial charge in [-0.15, -0.1) is 0 Å². The molecule has 1 aliphatic heterocycles. The minimum absolute atomic E-state index is 0.180. The second-order valence-corrected chi connectivity index (χ2v) is 6.33. The van der Waals surface area contributed by atoms with E-state index in [1.54, 1.807) is 18.2 Å². The van der Waals surface area contributed by atoms with Crippen molar-refractivity contribution in [1.29, 1.82) is 0 Å². The molecule has 0 spiro atoms. The number of carbonyl (C=O) groups excluding carboxylic acids is 1. The molecule has 20 heavy (non-hydrogen) atoms. The predicted molar refractivity (Wildman–Crippen MR) is 76.2 cm³/mol. The number of hydrogen-bond acceptors (Lipinski definition) is 2. The van der Waals surface area contributed by atoms with Gasteiger partial charge in [0.1, 0.15) is 0 Å². The normalized spacial score (nSPS) is 23.5. The van der Waals surface area contributed by atoms with Gasteiger partial charge in [-0.1, -0.05) is 41.9 Å². The molecule has 1 atom stereocenters. The molecular formula is C15H18ClFN2O. The summed E-state index contributed by atoms with van der Waals surface area (Å²) in [6.07, 6.45) is 3.00. The van der Waals surface area contributed by atoms with Crippen LogP contribution in [0.2, 0.25) is 0 Å². The molecule has 2 aliphatic rings. The second-order valence-electron chi connectivity index (χ2n) is 5.80. The van der Waals surface area contributed by atoms with Crippen molar-refractivity contribution in [2.75, 3.05) is 19.6 Å². The van der Waals surface area contributed by atoms with Gasteiger partial charge in [0.15, 0.2) is 0 Å². The Balaban J connectivity index is 1.66. The van der Waals surface area contributed by atoms with Crippen molar-refractivity contribution in [1.82, 2.24) is 10.2 Å². The van der Waals surface area contributed by atoms with Gasteiger partial charge >= 0.3 is 0 Å². The van der Waals surface area contributed by atoms with Crippen LogP contribution in [0, 0.1) is 0 Å². The summed E-state index contributed by atoms with van der Waals surface area (Å²) in [5.41, 5.74) is -0.0858.